The van der Waals surface area contributed by atoms with E-state index in [4.69, 9.17) is 17.3 Å². The van der Waals surface area contributed by atoms with E-state index in [2.05, 4.69) is 5.32 Å². The lowest BCUT2D eigenvalue weighted by Crippen LogP contribution is -2.14. The van der Waals surface area contributed by atoms with Gasteiger partial charge >= 0.3 is 0 Å². The first kappa shape index (κ1) is 13.8. The molecule has 0 saturated heterocycles. The number of carbonyl (C=O) groups excluding carboxylic acids is 1. The van der Waals surface area contributed by atoms with Crippen molar-refractivity contribution >= 4 is 34.6 Å². The number of hydrogen-bond donors (Lipinski definition) is 2. The molecule has 2 aromatic rings. The topological polar surface area (TPSA) is 98.3 Å². The predicted molar refractivity (Wildman–Crippen MR) is 76.9 cm³/mol. The van der Waals surface area contributed by atoms with E-state index in [0.717, 1.165) is 0 Å². The molecular weight excluding hydrogens is 282 g/mol. The van der Waals surface area contributed by atoms with E-state index >= 15 is 0 Å². The van der Waals surface area contributed by atoms with Crippen LogP contribution in [0.1, 0.15) is 10.4 Å². The number of amides is 1. The van der Waals surface area contributed by atoms with Gasteiger partial charge in [-0.15, -0.1) is 0 Å². The molecule has 2 rings (SSSR count). The second kappa shape index (κ2) is 5.58. The van der Waals surface area contributed by atoms with E-state index in [1.807, 2.05) is 0 Å². The highest BCUT2D eigenvalue weighted by Crippen LogP contribution is 2.24. The molecule has 0 bridgehead atoms. The van der Waals surface area contributed by atoms with Crippen LogP contribution in [0.2, 0.25) is 5.02 Å². The van der Waals surface area contributed by atoms with Gasteiger partial charge in [0.2, 0.25) is 0 Å². The number of halogens is 1. The largest absolute Gasteiger partial charge is 0.397 e. The molecule has 0 saturated carbocycles. The normalized spacial score (nSPS) is 10.1. The molecule has 1 amide bonds. The van der Waals surface area contributed by atoms with Crippen molar-refractivity contribution in [2.45, 2.75) is 0 Å². The molecule has 2 aromatic carbocycles. The molecule has 0 aliphatic heterocycles. The minimum absolute atomic E-state index is 0.0222. The maximum absolute atomic E-state index is 12.0. The molecule has 0 radical (unpaired) electrons. The summed E-state index contributed by atoms with van der Waals surface area (Å²) in [6.45, 7) is 0. The van der Waals surface area contributed by atoms with Crippen LogP contribution < -0.4 is 11.1 Å². The third kappa shape index (κ3) is 2.86. The summed E-state index contributed by atoms with van der Waals surface area (Å²) >= 11 is 5.77. The molecule has 0 atom stereocenters. The summed E-state index contributed by atoms with van der Waals surface area (Å²) in [6.07, 6.45) is 0. The van der Waals surface area contributed by atoms with Crippen molar-refractivity contribution < 1.29 is 9.72 Å². The number of nitrogens with zero attached hydrogens (tertiary/aromatic N) is 1. The standard InChI is InChI=1S/C13H10ClN3O3/c14-10-6-5-8(7-11(10)15)16-13(18)9-3-1-2-4-12(9)17(19)20/h1-7H,15H2,(H,16,18). The fourth-order valence-electron chi connectivity index (χ4n) is 1.64. The number of rotatable bonds is 3. The number of nitrogens with two attached hydrogens (primary N) is 1. The van der Waals surface area contributed by atoms with Crippen LogP contribution in [-0.4, -0.2) is 10.8 Å². The van der Waals surface area contributed by atoms with Gasteiger partial charge in [0, 0.05) is 11.8 Å². The molecular formula is C13H10ClN3O3. The molecule has 0 heterocycles. The van der Waals surface area contributed by atoms with Crippen LogP contribution in [0, 0.1) is 10.1 Å². The third-order valence-corrected chi connectivity index (χ3v) is 2.94. The second-order valence-electron chi connectivity index (χ2n) is 3.96. The van der Waals surface area contributed by atoms with Crippen LogP contribution >= 0.6 is 11.6 Å². The maximum Gasteiger partial charge on any atom is 0.282 e. The van der Waals surface area contributed by atoms with Crippen LogP contribution in [0.3, 0.4) is 0 Å². The van der Waals surface area contributed by atoms with E-state index in [9.17, 15) is 14.9 Å². The van der Waals surface area contributed by atoms with Crippen LogP contribution in [0.25, 0.3) is 0 Å². The lowest BCUT2D eigenvalue weighted by molar-refractivity contribution is -0.385. The number of nitrogen functional groups attached to an aromatic ring is 1. The molecule has 0 aliphatic carbocycles. The quantitative estimate of drug-likeness (QED) is 0.516. The van der Waals surface area contributed by atoms with Gasteiger partial charge in [0.1, 0.15) is 5.56 Å². The Balaban J connectivity index is 2.28. The zero-order chi connectivity index (χ0) is 14.7. The van der Waals surface area contributed by atoms with Gasteiger partial charge < -0.3 is 11.1 Å². The van der Waals surface area contributed by atoms with Gasteiger partial charge in [-0.25, -0.2) is 0 Å². The number of nitro benzene ring substituents is 1. The Morgan fingerprint density at radius 2 is 1.95 bits per heavy atom. The molecule has 0 fully saturated rings. The number of nitro groups is 1. The predicted octanol–water partition coefficient (Wildman–Crippen LogP) is 3.08. The minimum Gasteiger partial charge on any atom is -0.397 e. The number of benzene rings is 2. The average molecular weight is 292 g/mol. The summed E-state index contributed by atoms with van der Waals surface area (Å²) in [5.41, 5.74) is 6.07. The Morgan fingerprint density at radius 1 is 1.25 bits per heavy atom. The minimum atomic E-state index is -0.606. The molecule has 6 nitrogen and oxygen atoms in total. The first-order chi connectivity index (χ1) is 9.49. The number of carbonyl (C=O) groups is 1. The molecule has 3 N–H and O–H groups in total. The number of anilines is 2. The zero-order valence-electron chi connectivity index (χ0n) is 10.2. The second-order valence-corrected chi connectivity index (χ2v) is 4.37. The van der Waals surface area contributed by atoms with Gasteiger partial charge in [-0.2, -0.15) is 0 Å². The third-order valence-electron chi connectivity index (χ3n) is 2.60. The Kier molecular flexibility index (Phi) is 3.86. The highest BCUT2D eigenvalue weighted by Gasteiger charge is 2.19. The summed E-state index contributed by atoms with van der Waals surface area (Å²) < 4.78 is 0. The van der Waals surface area contributed by atoms with Crippen LogP contribution in [-0.2, 0) is 0 Å². The monoisotopic (exact) mass is 291 g/mol. The fraction of sp³-hybridized carbons (Fsp3) is 0. The van der Waals surface area contributed by atoms with Crippen molar-refractivity contribution in [2.75, 3.05) is 11.1 Å². The van der Waals surface area contributed by atoms with Gasteiger partial charge in [-0.05, 0) is 24.3 Å². The van der Waals surface area contributed by atoms with Crippen molar-refractivity contribution in [3.05, 3.63) is 63.2 Å². The highest BCUT2D eigenvalue weighted by molar-refractivity contribution is 6.33. The smallest absolute Gasteiger partial charge is 0.282 e. The van der Waals surface area contributed by atoms with Crippen LogP contribution in [0.4, 0.5) is 17.1 Å². The molecule has 0 spiro atoms. The molecule has 0 aliphatic rings. The lowest BCUT2D eigenvalue weighted by Gasteiger charge is -2.07. The van der Waals surface area contributed by atoms with E-state index in [-0.39, 0.29) is 11.3 Å². The fourth-order valence-corrected chi connectivity index (χ4v) is 1.76. The molecule has 7 heteroatoms. The summed E-state index contributed by atoms with van der Waals surface area (Å²) in [6, 6.07) is 10.3. The Morgan fingerprint density at radius 3 is 2.60 bits per heavy atom. The van der Waals surface area contributed by atoms with Crippen LogP contribution in [0.5, 0.6) is 0 Å². The molecule has 20 heavy (non-hydrogen) atoms. The van der Waals surface area contributed by atoms with Gasteiger partial charge in [0.05, 0.1) is 15.6 Å². The summed E-state index contributed by atoms with van der Waals surface area (Å²) in [5.74, 6) is -0.584. The van der Waals surface area contributed by atoms with E-state index in [1.165, 1.54) is 30.3 Å². The maximum atomic E-state index is 12.0. The zero-order valence-corrected chi connectivity index (χ0v) is 10.9. The van der Waals surface area contributed by atoms with Crippen molar-refractivity contribution in [1.82, 2.24) is 0 Å². The Hall–Kier alpha value is -2.60. The number of nitrogens with one attached hydrogen (secondary N) is 1. The SMILES string of the molecule is Nc1cc(NC(=O)c2ccccc2[N+](=O)[O-])ccc1Cl. The summed E-state index contributed by atoms with van der Waals surface area (Å²) in [4.78, 5) is 22.3. The first-order valence-corrected chi connectivity index (χ1v) is 5.96. The molecule has 102 valence electrons. The highest BCUT2D eigenvalue weighted by atomic mass is 35.5. The van der Waals surface area contributed by atoms with Crippen molar-refractivity contribution in [1.29, 1.82) is 0 Å². The lowest BCUT2D eigenvalue weighted by atomic mass is 10.1. The van der Waals surface area contributed by atoms with E-state index in [0.29, 0.717) is 16.4 Å². The Bertz CT molecular complexity index is 688. The van der Waals surface area contributed by atoms with Crippen molar-refractivity contribution in [3.8, 4) is 0 Å². The van der Waals surface area contributed by atoms with Gasteiger partial charge in [-0.1, -0.05) is 23.7 Å². The van der Waals surface area contributed by atoms with Gasteiger partial charge in [0.15, 0.2) is 0 Å². The number of hydrogen-bond acceptors (Lipinski definition) is 4. The van der Waals surface area contributed by atoms with Crippen molar-refractivity contribution in [3.63, 3.8) is 0 Å². The van der Waals surface area contributed by atoms with E-state index < -0.39 is 10.8 Å². The van der Waals surface area contributed by atoms with Gasteiger partial charge in [-0.3, -0.25) is 14.9 Å². The van der Waals surface area contributed by atoms with Crippen molar-refractivity contribution in [2.24, 2.45) is 0 Å². The summed E-state index contributed by atoms with van der Waals surface area (Å²) in [5, 5.41) is 13.8. The van der Waals surface area contributed by atoms with Crippen LogP contribution in [0.15, 0.2) is 42.5 Å². The average Bonchev–Trinajstić information content (AvgIpc) is 2.43. The Labute approximate surface area is 119 Å². The molecule has 0 aromatic heterocycles. The van der Waals surface area contributed by atoms with E-state index in [1.54, 1.807) is 12.1 Å². The summed E-state index contributed by atoms with van der Waals surface area (Å²) in [7, 11) is 0. The van der Waals surface area contributed by atoms with Gasteiger partial charge in [0.25, 0.3) is 11.6 Å². The molecule has 0 unspecified atom stereocenters. The number of para-hydroxylation sites is 1. The first-order valence-electron chi connectivity index (χ1n) is 5.59.